The lowest BCUT2D eigenvalue weighted by Crippen LogP contribution is -2.22. The first-order valence-electron chi connectivity index (χ1n) is 8.56. The van der Waals surface area contributed by atoms with Crippen molar-refractivity contribution >= 4 is 35.6 Å². The van der Waals surface area contributed by atoms with E-state index >= 15 is 0 Å². The zero-order valence-electron chi connectivity index (χ0n) is 14.4. The van der Waals surface area contributed by atoms with Gasteiger partial charge in [-0.05, 0) is 48.1 Å². The number of hydrogen-bond acceptors (Lipinski definition) is 2. The summed E-state index contributed by atoms with van der Waals surface area (Å²) in [5.41, 5.74) is 12.0. The molecule has 1 aliphatic carbocycles. The summed E-state index contributed by atoms with van der Waals surface area (Å²) >= 11 is 0. The molecule has 0 saturated heterocycles. The maximum Gasteiger partial charge on any atom is 0.193 e. The number of aromatic amines is 1. The van der Waals surface area contributed by atoms with Crippen LogP contribution in [-0.4, -0.2) is 15.9 Å². The molecule has 0 spiro atoms. The fourth-order valence-corrected chi connectivity index (χ4v) is 3.20. The van der Waals surface area contributed by atoms with Crippen molar-refractivity contribution < 1.29 is 0 Å². The van der Waals surface area contributed by atoms with Crippen LogP contribution >= 0.6 is 24.0 Å². The van der Waals surface area contributed by atoms with Crippen molar-refractivity contribution in [3.05, 3.63) is 71.7 Å². The van der Waals surface area contributed by atoms with Crippen LogP contribution in [0.1, 0.15) is 23.4 Å². The van der Waals surface area contributed by atoms with Crippen LogP contribution in [0.3, 0.4) is 0 Å². The minimum Gasteiger partial charge on any atom is -0.370 e. The Morgan fingerprint density at radius 1 is 1.12 bits per heavy atom. The molecule has 3 aromatic rings. The summed E-state index contributed by atoms with van der Waals surface area (Å²) in [5, 5.41) is 3.17. The number of hydrogen-bond donors (Lipinski definition) is 3. The number of H-pyrrole nitrogens is 1. The molecular formula is C20H22IN5. The Morgan fingerprint density at radius 2 is 1.92 bits per heavy atom. The van der Waals surface area contributed by atoms with E-state index in [1.54, 1.807) is 0 Å². The van der Waals surface area contributed by atoms with Gasteiger partial charge in [-0.25, -0.2) is 9.98 Å². The number of benzene rings is 2. The van der Waals surface area contributed by atoms with Crippen LogP contribution in [0.4, 0.5) is 5.69 Å². The third kappa shape index (κ3) is 4.24. The summed E-state index contributed by atoms with van der Waals surface area (Å²) < 4.78 is 0. The van der Waals surface area contributed by atoms with Crippen molar-refractivity contribution in [2.24, 2.45) is 10.7 Å². The highest BCUT2D eigenvalue weighted by molar-refractivity contribution is 14.0. The third-order valence-electron chi connectivity index (χ3n) is 4.48. The van der Waals surface area contributed by atoms with E-state index in [4.69, 9.17) is 5.73 Å². The first kappa shape index (κ1) is 18.4. The monoisotopic (exact) mass is 459 g/mol. The fourth-order valence-electron chi connectivity index (χ4n) is 3.20. The van der Waals surface area contributed by atoms with Gasteiger partial charge in [0.05, 0.1) is 11.9 Å². The second kappa shape index (κ2) is 8.35. The van der Waals surface area contributed by atoms with Gasteiger partial charge in [-0.2, -0.15) is 0 Å². The van der Waals surface area contributed by atoms with Gasteiger partial charge >= 0.3 is 0 Å². The SMILES string of the molecule is I.NC(=NCc1ncc(-c2ccccc2)[nH]1)Nc1ccc2c(c1)CCC2. The van der Waals surface area contributed by atoms with Crippen LogP contribution in [0.5, 0.6) is 0 Å². The zero-order chi connectivity index (χ0) is 17.1. The third-order valence-corrected chi connectivity index (χ3v) is 4.48. The first-order valence-corrected chi connectivity index (χ1v) is 8.56. The molecule has 5 nitrogen and oxygen atoms in total. The van der Waals surface area contributed by atoms with Crippen molar-refractivity contribution in [3.63, 3.8) is 0 Å². The van der Waals surface area contributed by atoms with E-state index in [2.05, 4.69) is 38.5 Å². The molecule has 0 fully saturated rings. The summed E-state index contributed by atoms with van der Waals surface area (Å²) in [6.45, 7) is 0.413. The molecule has 0 saturated carbocycles. The molecule has 0 aliphatic heterocycles. The zero-order valence-corrected chi connectivity index (χ0v) is 16.7. The number of rotatable bonds is 4. The van der Waals surface area contributed by atoms with Gasteiger partial charge in [-0.1, -0.05) is 36.4 Å². The van der Waals surface area contributed by atoms with Gasteiger partial charge in [0.25, 0.3) is 0 Å². The minimum absolute atomic E-state index is 0. The first-order chi connectivity index (χ1) is 12.3. The van der Waals surface area contributed by atoms with Crippen LogP contribution < -0.4 is 11.1 Å². The van der Waals surface area contributed by atoms with E-state index < -0.39 is 0 Å². The summed E-state index contributed by atoms with van der Waals surface area (Å²) in [4.78, 5) is 12.0. The largest absolute Gasteiger partial charge is 0.370 e. The van der Waals surface area contributed by atoms with Crippen molar-refractivity contribution in [1.29, 1.82) is 0 Å². The van der Waals surface area contributed by atoms with Crippen LogP contribution in [0.25, 0.3) is 11.3 Å². The average Bonchev–Trinajstić information content (AvgIpc) is 3.30. The lowest BCUT2D eigenvalue weighted by atomic mass is 10.1. The normalized spacial score (nSPS) is 13.2. The van der Waals surface area contributed by atoms with E-state index in [-0.39, 0.29) is 24.0 Å². The summed E-state index contributed by atoms with van der Waals surface area (Å²) in [7, 11) is 0. The number of nitrogens with one attached hydrogen (secondary N) is 2. The van der Waals surface area contributed by atoms with Crippen molar-refractivity contribution in [2.45, 2.75) is 25.8 Å². The Morgan fingerprint density at radius 3 is 2.77 bits per heavy atom. The highest BCUT2D eigenvalue weighted by atomic mass is 127. The van der Waals surface area contributed by atoms with Gasteiger partial charge in [-0.15, -0.1) is 24.0 Å². The molecule has 1 aliphatic rings. The van der Waals surface area contributed by atoms with Crippen LogP contribution in [-0.2, 0) is 19.4 Å². The maximum atomic E-state index is 6.01. The van der Waals surface area contributed by atoms with Gasteiger partial charge in [0.2, 0.25) is 0 Å². The van der Waals surface area contributed by atoms with Crippen LogP contribution in [0.2, 0.25) is 0 Å². The smallest absolute Gasteiger partial charge is 0.193 e. The van der Waals surface area contributed by atoms with E-state index in [1.165, 1.54) is 24.0 Å². The molecule has 1 heterocycles. The second-order valence-electron chi connectivity index (χ2n) is 6.27. The quantitative estimate of drug-likeness (QED) is 0.312. The molecule has 0 bridgehead atoms. The standard InChI is InChI=1S/C20H21N5.HI/c21-20(24-17-10-9-14-7-4-8-16(14)11-17)23-13-19-22-12-18(25-19)15-5-2-1-3-6-15;/h1-3,5-6,9-12H,4,7-8,13H2,(H,22,25)(H3,21,23,24);1H. The molecule has 4 N–H and O–H groups in total. The average molecular weight is 459 g/mol. The second-order valence-corrected chi connectivity index (χ2v) is 6.27. The van der Waals surface area contributed by atoms with E-state index in [1.807, 2.05) is 36.5 Å². The number of nitrogens with zero attached hydrogens (tertiary/aromatic N) is 2. The Balaban J connectivity index is 0.00000196. The lowest BCUT2D eigenvalue weighted by molar-refractivity contribution is 0.912. The number of aryl methyl sites for hydroxylation is 2. The van der Waals surface area contributed by atoms with Crippen molar-refractivity contribution in [3.8, 4) is 11.3 Å². The molecule has 0 atom stereocenters. The molecule has 26 heavy (non-hydrogen) atoms. The Kier molecular flexibility index (Phi) is 5.92. The van der Waals surface area contributed by atoms with Gasteiger partial charge in [0.1, 0.15) is 12.4 Å². The van der Waals surface area contributed by atoms with E-state index in [0.29, 0.717) is 12.5 Å². The maximum absolute atomic E-state index is 6.01. The molecule has 6 heteroatoms. The van der Waals surface area contributed by atoms with Gasteiger partial charge in [-0.3, -0.25) is 0 Å². The predicted molar refractivity (Wildman–Crippen MR) is 117 cm³/mol. The molecule has 2 aromatic carbocycles. The molecular weight excluding hydrogens is 437 g/mol. The molecule has 4 rings (SSSR count). The van der Waals surface area contributed by atoms with E-state index in [0.717, 1.165) is 29.2 Å². The highest BCUT2D eigenvalue weighted by Crippen LogP contribution is 2.24. The number of aromatic nitrogens is 2. The Bertz CT molecular complexity index is 902. The molecule has 0 radical (unpaired) electrons. The number of guanidine groups is 1. The summed E-state index contributed by atoms with van der Waals surface area (Å²) in [6.07, 6.45) is 5.40. The highest BCUT2D eigenvalue weighted by Gasteiger charge is 2.11. The number of nitrogens with two attached hydrogens (primary N) is 1. The molecule has 0 amide bonds. The van der Waals surface area contributed by atoms with Crippen LogP contribution in [0.15, 0.2) is 59.7 Å². The number of aliphatic imine (C=N–C) groups is 1. The number of imidazole rings is 1. The fraction of sp³-hybridized carbons (Fsp3) is 0.200. The minimum atomic E-state index is 0. The van der Waals surface area contributed by atoms with Crippen molar-refractivity contribution in [2.75, 3.05) is 5.32 Å². The number of fused-ring (bicyclic) bond motifs is 1. The molecule has 0 unspecified atom stereocenters. The number of halogens is 1. The van der Waals surface area contributed by atoms with Gasteiger partial charge < -0.3 is 16.0 Å². The molecule has 134 valence electrons. The lowest BCUT2D eigenvalue weighted by Gasteiger charge is -2.07. The molecule has 1 aromatic heterocycles. The number of anilines is 1. The summed E-state index contributed by atoms with van der Waals surface area (Å²) in [6, 6.07) is 16.5. The van der Waals surface area contributed by atoms with E-state index in [9.17, 15) is 0 Å². The van der Waals surface area contributed by atoms with Gasteiger partial charge in [0.15, 0.2) is 5.96 Å². The van der Waals surface area contributed by atoms with Crippen LogP contribution in [0, 0.1) is 0 Å². The Labute approximate surface area is 170 Å². The van der Waals surface area contributed by atoms with Gasteiger partial charge in [0, 0.05) is 5.69 Å². The van der Waals surface area contributed by atoms with Crippen molar-refractivity contribution in [1.82, 2.24) is 9.97 Å². The Hall–Kier alpha value is -2.35. The summed E-state index contributed by atoms with van der Waals surface area (Å²) in [5.74, 6) is 1.19. The predicted octanol–water partition coefficient (Wildman–Crippen LogP) is 4.11. The topological polar surface area (TPSA) is 79.1 Å².